The Hall–Kier alpha value is -2.30. The number of hydrogen-bond acceptors (Lipinski definition) is 4. The molecule has 0 radical (unpaired) electrons. The molecule has 0 amide bonds. The molecule has 0 fully saturated rings. The Balaban J connectivity index is 1.78. The van der Waals surface area contributed by atoms with E-state index in [2.05, 4.69) is 53.6 Å². The van der Waals surface area contributed by atoms with Gasteiger partial charge in [-0.05, 0) is 48.7 Å². The summed E-state index contributed by atoms with van der Waals surface area (Å²) in [6.07, 6.45) is 0. The van der Waals surface area contributed by atoms with Gasteiger partial charge in [0.1, 0.15) is 11.5 Å². The van der Waals surface area contributed by atoms with E-state index in [9.17, 15) is 10.2 Å². The molecule has 24 heavy (non-hydrogen) atoms. The van der Waals surface area contributed by atoms with Crippen molar-refractivity contribution < 1.29 is 10.2 Å². The summed E-state index contributed by atoms with van der Waals surface area (Å²) in [5.74, 6) is 0.206. The van der Waals surface area contributed by atoms with E-state index in [1.54, 1.807) is 23.5 Å². The molecule has 0 aliphatic heterocycles. The van der Waals surface area contributed by atoms with E-state index >= 15 is 0 Å². The van der Waals surface area contributed by atoms with Gasteiger partial charge in [-0.2, -0.15) is 0 Å². The number of nitrogens with zero attached hydrogens (tertiary/aromatic N) is 1. The summed E-state index contributed by atoms with van der Waals surface area (Å²) in [4.78, 5) is 3.45. The lowest BCUT2D eigenvalue weighted by Crippen LogP contribution is -2.22. The fourth-order valence-electron chi connectivity index (χ4n) is 2.74. The Morgan fingerprint density at radius 1 is 1.04 bits per heavy atom. The van der Waals surface area contributed by atoms with E-state index in [1.165, 1.54) is 22.1 Å². The summed E-state index contributed by atoms with van der Waals surface area (Å²) in [6.45, 7) is 2.77. The molecule has 0 aliphatic carbocycles. The van der Waals surface area contributed by atoms with Crippen LogP contribution >= 0.6 is 11.3 Å². The Morgan fingerprint density at radius 3 is 2.58 bits per heavy atom. The number of hydrogen-bond donors (Lipinski definition) is 2. The molecule has 0 bridgehead atoms. The van der Waals surface area contributed by atoms with Gasteiger partial charge in [0, 0.05) is 29.1 Å². The monoisotopic (exact) mass is 339 g/mol. The molecule has 3 nitrogen and oxygen atoms in total. The summed E-state index contributed by atoms with van der Waals surface area (Å²) in [5, 5.41) is 21.5. The molecule has 0 spiro atoms. The van der Waals surface area contributed by atoms with E-state index in [4.69, 9.17) is 0 Å². The molecule has 3 aromatic rings. The second-order valence-electron chi connectivity index (χ2n) is 6.01. The van der Waals surface area contributed by atoms with Crippen LogP contribution in [0, 0.1) is 0 Å². The van der Waals surface area contributed by atoms with Crippen LogP contribution in [0.3, 0.4) is 0 Å². The van der Waals surface area contributed by atoms with Crippen LogP contribution in [-0.4, -0.2) is 22.2 Å². The Labute approximate surface area is 146 Å². The van der Waals surface area contributed by atoms with Crippen molar-refractivity contribution >= 4 is 11.3 Å². The molecule has 0 saturated carbocycles. The standard InChI is InChI=1S/C20H21NO2S/c1-14(21(2)13-17-8-9-18(22)12-19(17)23)15-5-3-6-16(11-15)20-7-4-10-24-20/h3-12,14,22-23H,13H2,1-2H3/t14-/m1/s1. The van der Waals surface area contributed by atoms with Crippen LogP contribution in [-0.2, 0) is 6.54 Å². The number of phenols is 2. The summed E-state index contributed by atoms with van der Waals surface area (Å²) in [7, 11) is 2.04. The fraction of sp³-hybridized carbons (Fsp3) is 0.200. The average molecular weight is 339 g/mol. The second kappa shape index (κ2) is 7.07. The number of rotatable bonds is 5. The van der Waals surface area contributed by atoms with Crippen LogP contribution in [0.15, 0.2) is 60.0 Å². The third-order valence-corrected chi connectivity index (χ3v) is 5.24. The van der Waals surface area contributed by atoms with Crippen molar-refractivity contribution in [1.82, 2.24) is 4.90 Å². The number of benzene rings is 2. The predicted molar refractivity (Wildman–Crippen MR) is 99.4 cm³/mol. The first kappa shape index (κ1) is 16.6. The van der Waals surface area contributed by atoms with Gasteiger partial charge in [0.2, 0.25) is 0 Å². The van der Waals surface area contributed by atoms with Crippen molar-refractivity contribution in [2.24, 2.45) is 0 Å². The van der Waals surface area contributed by atoms with Crippen LogP contribution in [0.5, 0.6) is 11.5 Å². The van der Waals surface area contributed by atoms with Gasteiger partial charge in [0.15, 0.2) is 0 Å². The van der Waals surface area contributed by atoms with Crippen LogP contribution in [0.1, 0.15) is 24.1 Å². The summed E-state index contributed by atoms with van der Waals surface area (Å²) >= 11 is 1.74. The molecule has 1 heterocycles. The third-order valence-electron chi connectivity index (χ3n) is 4.32. The summed E-state index contributed by atoms with van der Waals surface area (Å²) < 4.78 is 0. The van der Waals surface area contributed by atoms with E-state index < -0.39 is 0 Å². The minimum Gasteiger partial charge on any atom is -0.508 e. The van der Waals surface area contributed by atoms with Crippen molar-refractivity contribution in [1.29, 1.82) is 0 Å². The highest BCUT2D eigenvalue weighted by Gasteiger charge is 2.15. The van der Waals surface area contributed by atoms with Crippen molar-refractivity contribution in [3.63, 3.8) is 0 Å². The topological polar surface area (TPSA) is 43.7 Å². The molecule has 3 rings (SSSR count). The first-order valence-corrected chi connectivity index (χ1v) is 8.77. The smallest absolute Gasteiger partial charge is 0.123 e. The SMILES string of the molecule is C[C@H](c1cccc(-c2cccs2)c1)N(C)Cc1ccc(O)cc1O. The van der Waals surface area contributed by atoms with Crippen molar-refractivity contribution in [3.05, 3.63) is 71.1 Å². The van der Waals surface area contributed by atoms with Gasteiger partial charge >= 0.3 is 0 Å². The normalized spacial score (nSPS) is 12.5. The number of thiophene rings is 1. The van der Waals surface area contributed by atoms with E-state index in [1.807, 2.05) is 7.05 Å². The van der Waals surface area contributed by atoms with E-state index in [0.29, 0.717) is 6.54 Å². The molecule has 0 saturated heterocycles. The molecule has 0 unspecified atom stereocenters. The lowest BCUT2D eigenvalue weighted by atomic mass is 10.0. The maximum absolute atomic E-state index is 9.98. The van der Waals surface area contributed by atoms with E-state index in [0.717, 1.165) is 5.56 Å². The molecule has 2 aromatic carbocycles. The maximum Gasteiger partial charge on any atom is 0.123 e. The van der Waals surface area contributed by atoms with Gasteiger partial charge in [-0.25, -0.2) is 0 Å². The molecule has 2 N–H and O–H groups in total. The average Bonchev–Trinajstić information content (AvgIpc) is 3.11. The lowest BCUT2D eigenvalue weighted by Gasteiger charge is -2.26. The molecular weight excluding hydrogens is 318 g/mol. The minimum atomic E-state index is 0.0793. The fourth-order valence-corrected chi connectivity index (χ4v) is 3.46. The van der Waals surface area contributed by atoms with Gasteiger partial charge in [-0.3, -0.25) is 4.90 Å². The first-order valence-electron chi connectivity index (χ1n) is 7.89. The van der Waals surface area contributed by atoms with Crippen LogP contribution in [0.2, 0.25) is 0 Å². The van der Waals surface area contributed by atoms with Crippen molar-refractivity contribution in [3.8, 4) is 21.9 Å². The highest BCUT2D eigenvalue weighted by atomic mass is 32.1. The predicted octanol–water partition coefficient (Wildman–Crippen LogP) is 5.02. The van der Waals surface area contributed by atoms with E-state index in [-0.39, 0.29) is 17.5 Å². The summed E-state index contributed by atoms with van der Waals surface area (Å²) in [6, 6.07) is 17.7. The third kappa shape index (κ3) is 3.61. The number of aromatic hydroxyl groups is 2. The van der Waals surface area contributed by atoms with Crippen molar-refractivity contribution in [2.75, 3.05) is 7.05 Å². The second-order valence-corrected chi connectivity index (χ2v) is 6.95. The van der Waals surface area contributed by atoms with Crippen molar-refractivity contribution in [2.45, 2.75) is 19.5 Å². The molecule has 4 heteroatoms. The summed E-state index contributed by atoms with van der Waals surface area (Å²) in [5.41, 5.74) is 3.27. The zero-order chi connectivity index (χ0) is 17.1. The Kier molecular flexibility index (Phi) is 4.88. The number of phenolic OH excluding ortho intramolecular Hbond substituents is 2. The molecule has 0 aliphatic rings. The highest BCUT2D eigenvalue weighted by Crippen LogP contribution is 2.30. The maximum atomic E-state index is 9.98. The van der Waals surface area contributed by atoms with Gasteiger partial charge < -0.3 is 10.2 Å². The van der Waals surface area contributed by atoms with Crippen LogP contribution in [0.4, 0.5) is 0 Å². The van der Waals surface area contributed by atoms with Gasteiger partial charge in [-0.1, -0.05) is 30.3 Å². The van der Waals surface area contributed by atoms with Gasteiger partial charge in [0.05, 0.1) is 0 Å². The Bertz CT molecular complexity index is 814. The largest absolute Gasteiger partial charge is 0.508 e. The van der Waals surface area contributed by atoms with Crippen LogP contribution in [0.25, 0.3) is 10.4 Å². The molecule has 1 aromatic heterocycles. The quantitative estimate of drug-likeness (QED) is 0.686. The van der Waals surface area contributed by atoms with Gasteiger partial charge in [0.25, 0.3) is 0 Å². The van der Waals surface area contributed by atoms with Crippen LogP contribution < -0.4 is 0 Å². The zero-order valence-corrected chi connectivity index (χ0v) is 14.6. The first-order chi connectivity index (χ1) is 11.5. The minimum absolute atomic E-state index is 0.0793. The molecular formula is C20H21NO2S. The Morgan fingerprint density at radius 2 is 1.88 bits per heavy atom. The molecule has 1 atom stereocenters. The zero-order valence-electron chi connectivity index (χ0n) is 13.8. The highest BCUT2D eigenvalue weighted by molar-refractivity contribution is 7.13. The van der Waals surface area contributed by atoms with Gasteiger partial charge in [-0.15, -0.1) is 11.3 Å². The lowest BCUT2D eigenvalue weighted by molar-refractivity contribution is 0.249. The molecule has 124 valence electrons.